The van der Waals surface area contributed by atoms with Gasteiger partial charge < -0.3 is 10.1 Å². The highest BCUT2D eigenvalue weighted by Crippen LogP contribution is 2.26. The van der Waals surface area contributed by atoms with Crippen molar-refractivity contribution in [3.05, 3.63) is 18.0 Å². The third-order valence-corrected chi connectivity index (χ3v) is 5.62. The first-order chi connectivity index (χ1) is 12.2. The molecule has 140 valence electrons. The van der Waals surface area contributed by atoms with Crippen LogP contribution in [0.3, 0.4) is 0 Å². The van der Waals surface area contributed by atoms with Gasteiger partial charge in [0.25, 0.3) is 0 Å². The van der Waals surface area contributed by atoms with Crippen LogP contribution in [0.2, 0.25) is 0 Å². The fourth-order valence-corrected chi connectivity index (χ4v) is 4.14. The number of nitrogens with zero attached hydrogens (tertiary/aromatic N) is 2. The molecule has 1 aliphatic heterocycles. The summed E-state index contributed by atoms with van der Waals surface area (Å²) in [4.78, 5) is 14.4. The number of likely N-dealkylation sites (tertiary alicyclic amines) is 1. The third kappa shape index (κ3) is 5.54. The van der Waals surface area contributed by atoms with Crippen molar-refractivity contribution in [1.82, 2.24) is 20.4 Å². The normalized spacial score (nSPS) is 28.0. The number of aromatic amines is 1. The maximum atomic E-state index is 12.2. The Labute approximate surface area is 150 Å². The van der Waals surface area contributed by atoms with Crippen LogP contribution >= 0.6 is 0 Å². The number of H-pyrrole nitrogens is 1. The van der Waals surface area contributed by atoms with Crippen LogP contribution in [0.4, 0.5) is 0 Å². The molecular weight excluding hydrogens is 316 g/mol. The number of carbonyl (C=O) groups excluding carboxylic acids is 1. The Hall–Kier alpha value is -1.40. The van der Waals surface area contributed by atoms with Gasteiger partial charge in [0.15, 0.2) is 0 Å². The Morgan fingerprint density at radius 3 is 3.04 bits per heavy atom. The number of piperidine rings is 1. The van der Waals surface area contributed by atoms with Gasteiger partial charge in [0.1, 0.15) is 0 Å². The Balaban J connectivity index is 1.32. The van der Waals surface area contributed by atoms with E-state index in [0.717, 1.165) is 32.4 Å². The first-order valence-electron chi connectivity index (χ1n) is 9.82. The Morgan fingerprint density at radius 2 is 2.24 bits per heavy atom. The highest BCUT2D eigenvalue weighted by Gasteiger charge is 2.24. The number of nitrogens with one attached hydrogen (secondary N) is 2. The monoisotopic (exact) mass is 348 g/mol. The standard InChI is InChI=1S/C19H32N4O2/c1-15-5-2-3-7-18(15)25-12-10-20-19(24)14-23-11-4-6-16(13-23)17-8-9-21-22-17/h8-9,15-16,18H,2-7,10-14H2,1H3,(H,20,24)(H,21,22)/t15-,16+,18-/m1/s1. The van der Waals surface area contributed by atoms with E-state index < -0.39 is 0 Å². The summed E-state index contributed by atoms with van der Waals surface area (Å²) in [5.74, 6) is 1.21. The van der Waals surface area contributed by atoms with Gasteiger partial charge in [-0.25, -0.2) is 0 Å². The van der Waals surface area contributed by atoms with E-state index in [1.807, 2.05) is 6.07 Å². The van der Waals surface area contributed by atoms with Crippen molar-refractivity contribution in [3.63, 3.8) is 0 Å². The lowest BCUT2D eigenvalue weighted by molar-refractivity contribution is -0.123. The van der Waals surface area contributed by atoms with Crippen LogP contribution in [0.1, 0.15) is 57.1 Å². The van der Waals surface area contributed by atoms with Crippen molar-refractivity contribution in [2.45, 2.75) is 57.5 Å². The number of aromatic nitrogens is 2. The average molecular weight is 348 g/mol. The van der Waals surface area contributed by atoms with E-state index in [1.165, 1.54) is 25.0 Å². The molecule has 6 nitrogen and oxygen atoms in total. The SMILES string of the molecule is C[C@@H]1CCCC[C@H]1OCCNC(=O)CN1CCC[C@H](c2ccn[nH]2)C1. The first-order valence-corrected chi connectivity index (χ1v) is 9.82. The topological polar surface area (TPSA) is 70.2 Å². The molecule has 0 spiro atoms. The molecule has 0 bridgehead atoms. The summed E-state index contributed by atoms with van der Waals surface area (Å²) in [5.41, 5.74) is 1.18. The second-order valence-electron chi connectivity index (χ2n) is 7.61. The lowest BCUT2D eigenvalue weighted by Gasteiger charge is -2.31. The Morgan fingerprint density at radius 1 is 1.36 bits per heavy atom. The van der Waals surface area contributed by atoms with Crippen LogP contribution in [0.5, 0.6) is 0 Å². The van der Waals surface area contributed by atoms with Crippen LogP contribution in [0, 0.1) is 5.92 Å². The summed E-state index contributed by atoms with van der Waals surface area (Å²) in [6, 6.07) is 2.04. The van der Waals surface area contributed by atoms with Gasteiger partial charge in [-0.2, -0.15) is 5.10 Å². The number of hydrogen-bond acceptors (Lipinski definition) is 4. The van der Waals surface area contributed by atoms with E-state index in [1.54, 1.807) is 6.20 Å². The minimum Gasteiger partial charge on any atom is -0.376 e. The van der Waals surface area contributed by atoms with Crippen LogP contribution in [0.15, 0.2) is 12.3 Å². The lowest BCUT2D eigenvalue weighted by atomic mass is 9.88. The first kappa shape index (κ1) is 18.4. The molecule has 1 aromatic heterocycles. The van der Waals surface area contributed by atoms with Crippen molar-refractivity contribution in [3.8, 4) is 0 Å². The van der Waals surface area contributed by atoms with E-state index in [-0.39, 0.29) is 5.91 Å². The van der Waals surface area contributed by atoms with E-state index in [4.69, 9.17) is 4.74 Å². The highest BCUT2D eigenvalue weighted by atomic mass is 16.5. The molecule has 1 saturated carbocycles. The van der Waals surface area contributed by atoms with E-state index in [2.05, 4.69) is 27.3 Å². The van der Waals surface area contributed by atoms with Crippen molar-refractivity contribution in [2.75, 3.05) is 32.8 Å². The minimum atomic E-state index is 0.102. The third-order valence-electron chi connectivity index (χ3n) is 5.62. The molecule has 2 heterocycles. The van der Waals surface area contributed by atoms with Gasteiger partial charge in [0, 0.05) is 30.9 Å². The molecule has 1 saturated heterocycles. The predicted molar refractivity (Wildman–Crippen MR) is 97.4 cm³/mol. The summed E-state index contributed by atoms with van der Waals surface area (Å²) < 4.78 is 5.96. The van der Waals surface area contributed by atoms with Gasteiger partial charge in [0.2, 0.25) is 5.91 Å². The molecule has 2 aliphatic rings. The Kier molecular flexibility index (Phi) is 6.87. The number of carbonyl (C=O) groups is 1. The fourth-order valence-electron chi connectivity index (χ4n) is 4.14. The van der Waals surface area contributed by atoms with Crippen LogP contribution in [0.25, 0.3) is 0 Å². The van der Waals surface area contributed by atoms with Gasteiger partial charge in [-0.05, 0) is 44.2 Å². The maximum absolute atomic E-state index is 12.2. The molecule has 2 fully saturated rings. The molecule has 1 amide bonds. The fraction of sp³-hybridized carbons (Fsp3) is 0.789. The zero-order valence-corrected chi connectivity index (χ0v) is 15.4. The van der Waals surface area contributed by atoms with Crippen molar-refractivity contribution < 1.29 is 9.53 Å². The summed E-state index contributed by atoms with van der Waals surface area (Å²) in [6.45, 7) is 5.90. The molecule has 1 aliphatic carbocycles. The second kappa shape index (κ2) is 9.34. The summed E-state index contributed by atoms with van der Waals surface area (Å²) in [5, 5.41) is 10.1. The smallest absolute Gasteiger partial charge is 0.234 e. The minimum absolute atomic E-state index is 0.102. The molecule has 0 radical (unpaired) electrons. The molecule has 3 rings (SSSR count). The van der Waals surface area contributed by atoms with Gasteiger partial charge >= 0.3 is 0 Å². The summed E-state index contributed by atoms with van der Waals surface area (Å²) in [6.07, 6.45) is 9.49. The number of hydrogen-bond donors (Lipinski definition) is 2. The van der Waals surface area contributed by atoms with Crippen molar-refractivity contribution in [2.24, 2.45) is 5.92 Å². The number of amides is 1. The molecule has 25 heavy (non-hydrogen) atoms. The van der Waals surface area contributed by atoms with Crippen LogP contribution in [-0.4, -0.2) is 59.9 Å². The zero-order valence-electron chi connectivity index (χ0n) is 15.4. The van der Waals surface area contributed by atoms with Gasteiger partial charge in [-0.1, -0.05) is 19.8 Å². The summed E-state index contributed by atoms with van der Waals surface area (Å²) >= 11 is 0. The molecule has 0 aromatic carbocycles. The number of rotatable bonds is 7. The van der Waals surface area contributed by atoms with E-state index in [0.29, 0.717) is 37.6 Å². The molecule has 1 aromatic rings. The van der Waals surface area contributed by atoms with E-state index in [9.17, 15) is 4.79 Å². The molecular formula is C19H32N4O2. The lowest BCUT2D eigenvalue weighted by Crippen LogP contribution is -2.43. The van der Waals surface area contributed by atoms with Gasteiger partial charge in [-0.3, -0.25) is 14.8 Å². The molecule has 6 heteroatoms. The summed E-state index contributed by atoms with van der Waals surface area (Å²) in [7, 11) is 0. The quantitative estimate of drug-likeness (QED) is 0.742. The second-order valence-corrected chi connectivity index (χ2v) is 7.61. The molecule has 3 atom stereocenters. The van der Waals surface area contributed by atoms with Crippen LogP contribution < -0.4 is 5.32 Å². The van der Waals surface area contributed by atoms with Gasteiger partial charge in [-0.15, -0.1) is 0 Å². The Bertz CT molecular complexity index is 520. The highest BCUT2D eigenvalue weighted by molar-refractivity contribution is 5.78. The largest absolute Gasteiger partial charge is 0.376 e. The van der Waals surface area contributed by atoms with Crippen molar-refractivity contribution >= 4 is 5.91 Å². The molecule has 2 N–H and O–H groups in total. The number of ether oxygens (including phenoxy) is 1. The molecule has 0 unspecified atom stereocenters. The zero-order chi connectivity index (χ0) is 17.5. The predicted octanol–water partition coefficient (Wildman–Crippen LogP) is 2.30. The maximum Gasteiger partial charge on any atom is 0.234 e. The van der Waals surface area contributed by atoms with Crippen LogP contribution in [-0.2, 0) is 9.53 Å². The van der Waals surface area contributed by atoms with E-state index >= 15 is 0 Å². The average Bonchev–Trinajstić information content (AvgIpc) is 3.15. The van der Waals surface area contributed by atoms with Gasteiger partial charge in [0.05, 0.1) is 19.3 Å². The van der Waals surface area contributed by atoms with Crippen molar-refractivity contribution in [1.29, 1.82) is 0 Å².